The van der Waals surface area contributed by atoms with Gasteiger partial charge in [0.2, 0.25) is 0 Å². The first-order chi connectivity index (χ1) is 9.69. The zero-order chi connectivity index (χ0) is 16.2. The molecule has 0 unspecified atom stereocenters. The van der Waals surface area contributed by atoms with Crippen molar-refractivity contribution < 1.29 is 18.0 Å². The van der Waals surface area contributed by atoms with Gasteiger partial charge in [-0.3, -0.25) is 4.79 Å². The maximum atomic E-state index is 12.8. The highest BCUT2D eigenvalue weighted by atomic mass is 19.4. The summed E-state index contributed by atoms with van der Waals surface area (Å²) in [4.78, 5) is 13.4. The van der Waals surface area contributed by atoms with Crippen molar-refractivity contribution in [2.45, 2.75) is 45.8 Å². The summed E-state index contributed by atoms with van der Waals surface area (Å²) >= 11 is 0. The third-order valence-corrected chi connectivity index (χ3v) is 3.47. The largest absolute Gasteiger partial charge is 0.406 e. The third kappa shape index (κ3) is 4.65. The molecule has 0 bridgehead atoms. The van der Waals surface area contributed by atoms with Crippen LogP contribution < -0.4 is 5.73 Å². The Kier molecular flexibility index (Phi) is 5.63. The van der Waals surface area contributed by atoms with Gasteiger partial charge < -0.3 is 10.6 Å². The lowest BCUT2D eigenvalue weighted by molar-refractivity contribution is -0.144. The fraction of sp³-hybridized carbons (Fsp3) is 0.533. The summed E-state index contributed by atoms with van der Waals surface area (Å²) in [5.41, 5.74) is 6.94. The summed E-state index contributed by atoms with van der Waals surface area (Å²) in [5.74, 6) is -0.599. The molecule has 1 aromatic carbocycles. The van der Waals surface area contributed by atoms with E-state index >= 15 is 0 Å². The van der Waals surface area contributed by atoms with Gasteiger partial charge in [-0.25, -0.2) is 0 Å². The highest BCUT2D eigenvalue weighted by Gasteiger charge is 2.36. The number of nitrogens with zero attached hydrogens (tertiary/aromatic N) is 1. The molecule has 0 atom stereocenters. The average Bonchev–Trinajstić information content (AvgIpc) is 2.37. The lowest BCUT2D eigenvalue weighted by Gasteiger charge is -2.31. The highest BCUT2D eigenvalue weighted by molar-refractivity contribution is 5.96. The number of hydrogen-bond donors (Lipinski definition) is 1. The highest BCUT2D eigenvalue weighted by Crippen LogP contribution is 2.24. The molecule has 0 aromatic heterocycles. The van der Waals surface area contributed by atoms with Crippen LogP contribution in [0.1, 0.15) is 42.6 Å². The minimum Gasteiger partial charge on any atom is -0.399 e. The van der Waals surface area contributed by atoms with Gasteiger partial charge in [0.25, 0.3) is 5.91 Å². The smallest absolute Gasteiger partial charge is 0.399 e. The molecular weight excluding hydrogens is 281 g/mol. The number of amides is 1. The van der Waals surface area contributed by atoms with E-state index in [0.29, 0.717) is 24.1 Å². The van der Waals surface area contributed by atoms with Crippen LogP contribution in [-0.2, 0) is 0 Å². The minimum atomic E-state index is -4.42. The average molecular weight is 302 g/mol. The molecule has 0 aliphatic rings. The first-order valence-corrected chi connectivity index (χ1v) is 6.93. The van der Waals surface area contributed by atoms with Gasteiger partial charge in [0.05, 0.1) is 0 Å². The predicted molar refractivity (Wildman–Crippen MR) is 77.1 cm³/mol. The Bertz CT molecular complexity index is 496. The molecule has 1 amide bonds. The van der Waals surface area contributed by atoms with Gasteiger partial charge in [-0.05, 0) is 43.5 Å². The van der Waals surface area contributed by atoms with Gasteiger partial charge in [0.1, 0.15) is 6.54 Å². The van der Waals surface area contributed by atoms with Crippen molar-refractivity contribution in [3.05, 3.63) is 29.3 Å². The van der Waals surface area contributed by atoms with E-state index in [-0.39, 0.29) is 5.56 Å². The van der Waals surface area contributed by atoms with E-state index in [9.17, 15) is 18.0 Å². The number of alkyl halides is 3. The standard InChI is InChI=1S/C15H21F3N2O/c1-4-12(5-2)20(9-15(16,17)18)14(21)13-7-6-11(19)8-10(13)3/h6-8,12H,4-5,9,19H2,1-3H3. The number of aryl methyl sites for hydroxylation is 1. The normalized spacial score (nSPS) is 11.8. The Labute approximate surface area is 122 Å². The lowest BCUT2D eigenvalue weighted by atomic mass is 10.0. The molecule has 1 rings (SSSR count). The van der Waals surface area contributed by atoms with E-state index in [1.807, 2.05) is 0 Å². The number of carbonyl (C=O) groups excluding carboxylic acids is 1. The molecule has 2 N–H and O–H groups in total. The first-order valence-electron chi connectivity index (χ1n) is 6.93. The summed E-state index contributed by atoms with van der Waals surface area (Å²) in [6, 6.07) is 4.17. The number of anilines is 1. The fourth-order valence-corrected chi connectivity index (χ4v) is 2.37. The number of benzene rings is 1. The number of hydrogen-bond acceptors (Lipinski definition) is 2. The van der Waals surface area contributed by atoms with Crippen molar-refractivity contribution in [1.82, 2.24) is 4.90 Å². The quantitative estimate of drug-likeness (QED) is 0.842. The molecule has 0 radical (unpaired) electrons. The Balaban J connectivity index is 3.15. The summed E-state index contributed by atoms with van der Waals surface area (Å²) < 4.78 is 38.3. The third-order valence-electron chi connectivity index (χ3n) is 3.47. The fourth-order valence-electron chi connectivity index (χ4n) is 2.37. The Morgan fingerprint density at radius 1 is 1.29 bits per heavy atom. The molecule has 0 aliphatic heterocycles. The van der Waals surface area contributed by atoms with Gasteiger partial charge in [-0.15, -0.1) is 0 Å². The molecule has 0 fully saturated rings. The molecule has 0 saturated carbocycles. The molecule has 6 heteroatoms. The van der Waals surface area contributed by atoms with Gasteiger partial charge in [-0.2, -0.15) is 13.2 Å². The monoisotopic (exact) mass is 302 g/mol. The van der Waals surface area contributed by atoms with E-state index < -0.39 is 24.7 Å². The Hall–Kier alpha value is -1.72. The molecule has 118 valence electrons. The number of halogens is 3. The van der Waals surface area contributed by atoms with Crippen LogP contribution in [0.3, 0.4) is 0 Å². The summed E-state index contributed by atoms with van der Waals surface area (Å²) in [6.07, 6.45) is -3.46. The second-order valence-electron chi connectivity index (χ2n) is 5.09. The van der Waals surface area contributed by atoms with Crippen LogP contribution in [0.2, 0.25) is 0 Å². The van der Waals surface area contributed by atoms with Crippen LogP contribution in [0.15, 0.2) is 18.2 Å². The van der Waals surface area contributed by atoms with E-state index in [0.717, 1.165) is 4.90 Å². The van der Waals surface area contributed by atoms with E-state index in [1.54, 1.807) is 26.8 Å². The number of nitrogen functional groups attached to an aromatic ring is 1. The molecule has 21 heavy (non-hydrogen) atoms. The summed E-state index contributed by atoms with van der Waals surface area (Å²) in [5, 5.41) is 0. The SMILES string of the molecule is CCC(CC)N(CC(F)(F)F)C(=O)c1ccc(N)cc1C. The molecule has 0 heterocycles. The van der Waals surface area contributed by atoms with E-state index in [4.69, 9.17) is 5.73 Å². The van der Waals surface area contributed by atoms with Crippen molar-refractivity contribution in [2.24, 2.45) is 0 Å². The van der Waals surface area contributed by atoms with E-state index in [1.165, 1.54) is 12.1 Å². The lowest BCUT2D eigenvalue weighted by Crippen LogP contribution is -2.45. The van der Waals surface area contributed by atoms with Crippen molar-refractivity contribution in [3.63, 3.8) is 0 Å². The molecule has 0 aliphatic carbocycles. The molecule has 3 nitrogen and oxygen atoms in total. The van der Waals surface area contributed by atoms with Crippen molar-refractivity contribution in [3.8, 4) is 0 Å². The zero-order valence-corrected chi connectivity index (χ0v) is 12.5. The van der Waals surface area contributed by atoms with Crippen LogP contribution in [0.25, 0.3) is 0 Å². The molecule has 1 aromatic rings. The van der Waals surface area contributed by atoms with Gasteiger partial charge in [0, 0.05) is 17.3 Å². The van der Waals surface area contributed by atoms with Crippen LogP contribution in [0.4, 0.5) is 18.9 Å². The summed E-state index contributed by atoms with van der Waals surface area (Å²) in [6.45, 7) is 3.99. The van der Waals surface area contributed by atoms with Crippen LogP contribution in [0.5, 0.6) is 0 Å². The van der Waals surface area contributed by atoms with Crippen LogP contribution in [0, 0.1) is 6.92 Å². The predicted octanol–water partition coefficient (Wildman–Crippen LogP) is 3.77. The molecule has 0 saturated heterocycles. The second kappa shape index (κ2) is 6.83. The van der Waals surface area contributed by atoms with Crippen molar-refractivity contribution in [2.75, 3.05) is 12.3 Å². The first kappa shape index (κ1) is 17.3. The van der Waals surface area contributed by atoms with Crippen LogP contribution in [-0.4, -0.2) is 29.6 Å². The minimum absolute atomic E-state index is 0.264. The Morgan fingerprint density at radius 2 is 1.86 bits per heavy atom. The topological polar surface area (TPSA) is 46.3 Å². The van der Waals surface area contributed by atoms with Crippen molar-refractivity contribution >= 4 is 11.6 Å². The maximum absolute atomic E-state index is 12.8. The van der Waals surface area contributed by atoms with Gasteiger partial charge in [0.15, 0.2) is 0 Å². The Morgan fingerprint density at radius 3 is 2.29 bits per heavy atom. The van der Waals surface area contributed by atoms with E-state index in [2.05, 4.69) is 0 Å². The number of rotatable bonds is 5. The van der Waals surface area contributed by atoms with Crippen molar-refractivity contribution in [1.29, 1.82) is 0 Å². The van der Waals surface area contributed by atoms with Gasteiger partial charge >= 0.3 is 6.18 Å². The number of carbonyl (C=O) groups is 1. The van der Waals surface area contributed by atoms with Crippen LogP contribution >= 0.6 is 0 Å². The molecule has 0 spiro atoms. The number of nitrogens with two attached hydrogens (primary N) is 1. The summed E-state index contributed by atoms with van der Waals surface area (Å²) in [7, 11) is 0. The second-order valence-corrected chi connectivity index (χ2v) is 5.09. The maximum Gasteiger partial charge on any atom is 0.406 e. The van der Waals surface area contributed by atoms with Gasteiger partial charge in [-0.1, -0.05) is 13.8 Å². The zero-order valence-electron chi connectivity index (χ0n) is 12.5. The molecular formula is C15H21F3N2O.